The number of hydrogen-bond donors (Lipinski definition) is 1. The van der Waals surface area contributed by atoms with E-state index in [1.807, 2.05) is 18.5 Å². The lowest BCUT2D eigenvalue weighted by molar-refractivity contribution is 0.789. The first kappa shape index (κ1) is 11.6. The van der Waals surface area contributed by atoms with E-state index in [-0.39, 0.29) is 0 Å². The maximum Gasteiger partial charge on any atom is 0.0402 e. The Morgan fingerprint density at radius 1 is 1.18 bits per heavy atom. The zero-order chi connectivity index (χ0) is 12.1. The van der Waals surface area contributed by atoms with Crippen molar-refractivity contribution in [3.05, 3.63) is 59.9 Å². The van der Waals surface area contributed by atoms with Gasteiger partial charge in [-0.05, 0) is 37.5 Å². The van der Waals surface area contributed by atoms with Crippen LogP contribution in [0.1, 0.15) is 18.1 Å². The molecule has 1 atom stereocenters. The first-order valence-electron chi connectivity index (χ1n) is 5.97. The molecule has 1 N–H and O–H groups in total. The molecular formula is C15H18N2. The lowest BCUT2D eigenvalue weighted by Crippen LogP contribution is -2.18. The molecule has 17 heavy (non-hydrogen) atoms. The Bertz CT molecular complexity index is 465. The molecule has 0 spiro atoms. The third kappa shape index (κ3) is 3.31. The number of aromatic nitrogens is 1. The fourth-order valence-electron chi connectivity index (χ4n) is 1.92. The van der Waals surface area contributed by atoms with E-state index < -0.39 is 0 Å². The molecule has 0 aliphatic rings. The fraction of sp³-hybridized carbons (Fsp3) is 0.267. The first-order chi connectivity index (χ1) is 8.25. The Morgan fingerprint density at radius 2 is 1.94 bits per heavy atom. The highest BCUT2D eigenvalue weighted by molar-refractivity contribution is 5.49. The monoisotopic (exact) mass is 226 g/mol. The highest BCUT2D eigenvalue weighted by Crippen LogP contribution is 2.14. The molecule has 0 bridgehead atoms. The van der Waals surface area contributed by atoms with E-state index in [1.54, 1.807) is 0 Å². The fourth-order valence-corrected chi connectivity index (χ4v) is 1.92. The van der Waals surface area contributed by atoms with Gasteiger partial charge in [-0.25, -0.2) is 0 Å². The van der Waals surface area contributed by atoms with E-state index in [0.29, 0.717) is 6.04 Å². The molecule has 2 heteroatoms. The molecule has 0 saturated heterocycles. The Balaban J connectivity index is 1.98. The summed E-state index contributed by atoms with van der Waals surface area (Å²) in [5, 5.41) is 3.52. The zero-order valence-corrected chi connectivity index (χ0v) is 10.4. The molecule has 0 saturated carbocycles. The van der Waals surface area contributed by atoms with E-state index in [4.69, 9.17) is 0 Å². The van der Waals surface area contributed by atoms with E-state index in [1.165, 1.54) is 16.8 Å². The van der Waals surface area contributed by atoms with Gasteiger partial charge in [-0.15, -0.1) is 0 Å². The number of hydrogen-bond acceptors (Lipinski definition) is 2. The number of nitrogens with zero attached hydrogens (tertiary/aromatic N) is 1. The number of aryl methyl sites for hydroxylation is 1. The van der Waals surface area contributed by atoms with Gasteiger partial charge >= 0.3 is 0 Å². The van der Waals surface area contributed by atoms with E-state index in [9.17, 15) is 0 Å². The predicted octanol–water partition coefficient (Wildman–Crippen LogP) is 3.43. The summed E-state index contributed by atoms with van der Waals surface area (Å²) in [5.41, 5.74) is 3.72. The second-order valence-electron chi connectivity index (χ2n) is 4.43. The average Bonchev–Trinajstić information content (AvgIpc) is 2.33. The first-order valence-corrected chi connectivity index (χ1v) is 5.97. The second kappa shape index (κ2) is 5.48. The largest absolute Gasteiger partial charge is 0.382 e. The minimum absolute atomic E-state index is 0.415. The third-order valence-electron chi connectivity index (χ3n) is 2.81. The van der Waals surface area contributed by atoms with Crippen LogP contribution < -0.4 is 5.32 Å². The zero-order valence-electron chi connectivity index (χ0n) is 10.4. The van der Waals surface area contributed by atoms with Crippen molar-refractivity contribution in [1.29, 1.82) is 0 Å². The van der Waals surface area contributed by atoms with Crippen molar-refractivity contribution in [2.75, 3.05) is 5.32 Å². The van der Waals surface area contributed by atoms with Gasteiger partial charge in [0.15, 0.2) is 0 Å². The van der Waals surface area contributed by atoms with Crippen LogP contribution in [0.25, 0.3) is 0 Å². The summed E-state index contributed by atoms with van der Waals surface area (Å²) >= 11 is 0. The Labute approximate surface area is 103 Å². The SMILES string of the molecule is Cc1cnccc1NC(C)Cc1ccccc1. The minimum Gasteiger partial charge on any atom is -0.382 e. The summed E-state index contributed by atoms with van der Waals surface area (Å²) in [6.07, 6.45) is 4.74. The number of rotatable bonds is 4. The smallest absolute Gasteiger partial charge is 0.0402 e. The van der Waals surface area contributed by atoms with Crippen LogP contribution in [0.2, 0.25) is 0 Å². The molecule has 0 aliphatic heterocycles. The lowest BCUT2D eigenvalue weighted by atomic mass is 10.1. The van der Waals surface area contributed by atoms with E-state index in [0.717, 1.165) is 6.42 Å². The topological polar surface area (TPSA) is 24.9 Å². The Hall–Kier alpha value is -1.83. The van der Waals surface area contributed by atoms with Crippen molar-refractivity contribution in [2.45, 2.75) is 26.3 Å². The van der Waals surface area contributed by atoms with Crippen LogP contribution >= 0.6 is 0 Å². The number of anilines is 1. The maximum atomic E-state index is 4.10. The van der Waals surface area contributed by atoms with Crippen molar-refractivity contribution in [2.24, 2.45) is 0 Å². The van der Waals surface area contributed by atoms with Crippen LogP contribution in [0, 0.1) is 6.92 Å². The minimum atomic E-state index is 0.415. The molecule has 0 aliphatic carbocycles. The Kier molecular flexibility index (Phi) is 3.76. The summed E-state index contributed by atoms with van der Waals surface area (Å²) in [5.74, 6) is 0. The highest BCUT2D eigenvalue weighted by Gasteiger charge is 2.04. The van der Waals surface area contributed by atoms with Crippen molar-refractivity contribution < 1.29 is 0 Å². The van der Waals surface area contributed by atoms with Gasteiger partial charge in [0.25, 0.3) is 0 Å². The number of benzene rings is 1. The molecule has 2 aromatic rings. The molecule has 88 valence electrons. The van der Waals surface area contributed by atoms with Crippen LogP contribution in [0.15, 0.2) is 48.8 Å². The van der Waals surface area contributed by atoms with E-state index >= 15 is 0 Å². The maximum absolute atomic E-state index is 4.10. The van der Waals surface area contributed by atoms with Gasteiger partial charge in [0.2, 0.25) is 0 Å². The molecule has 2 nitrogen and oxygen atoms in total. The van der Waals surface area contributed by atoms with Crippen molar-refractivity contribution in [3.8, 4) is 0 Å². The Morgan fingerprint density at radius 3 is 2.65 bits per heavy atom. The van der Waals surface area contributed by atoms with Crippen molar-refractivity contribution in [3.63, 3.8) is 0 Å². The molecule has 1 aromatic heterocycles. The van der Waals surface area contributed by atoms with Gasteiger partial charge in [-0.2, -0.15) is 0 Å². The molecule has 1 unspecified atom stereocenters. The van der Waals surface area contributed by atoms with Gasteiger partial charge in [-0.1, -0.05) is 30.3 Å². The summed E-state index contributed by atoms with van der Waals surface area (Å²) in [4.78, 5) is 4.10. The van der Waals surface area contributed by atoms with Crippen LogP contribution in [-0.2, 0) is 6.42 Å². The molecular weight excluding hydrogens is 208 g/mol. The molecule has 1 heterocycles. The molecule has 0 amide bonds. The van der Waals surface area contributed by atoms with Crippen LogP contribution in [0.4, 0.5) is 5.69 Å². The van der Waals surface area contributed by atoms with Crippen LogP contribution in [0.5, 0.6) is 0 Å². The summed E-state index contributed by atoms with van der Waals surface area (Å²) in [6, 6.07) is 13.0. The van der Waals surface area contributed by atoms with Gasteiger partial charge in [-0.3, -0.25) is 4.98 Å². The average molecular weight is 226 g/mol. The predicted molar refractivity (Wildman–Crippen MR) is 72.2 cm³/mol. The second-order valence-corrected chi connectivity index (χ2v) is 4.43. The van der Waals surface area contributed by atoms with Crippen molar-refractivity contribution >= 4 is 5.69 Å². The molecule has 1 aromatic carbocycles. The summed E-state index contributed by atoms with van der Waals surface area (Å²) < 4.78 is 0. The lowest BCUT2D eigenvalue weighted by Gasteiger charge is -2.16. The molecule has 0 fully saturated rings. The molecule has 0 radical (unpaired) electrons. The summed E-state index contributed by atoms with van der Waals surface area (Å²) in [7, 11) is 0. The van der Waals surface area contributed by atoms with Crippen molar-refractivity contribution in [1.82, 2.24) is 4.98 Å². The third-order valence-corrected chi connectivity index (χ3v) is 2.81. The molecule has 2 rings (SSSR count). The van der Waals surface area contributed by atoms with Gasteiger partial charge < -0.3 is 5.32 Å². The van der Waals surface area contributed by atoms with Gasteiger partial charge in [0, 0.05) is 24.1 Å². The highest BCUT2D eigenvalue weighted by atomic mass is 14.9. The summed E-state index contributed by atoms with van der Waals surface area (Å²) in [6.45, 7) is 4.28. The van der Waals surface area contributed by atoms with Gasteiger partial charge in [0.1, 0.15) is 0 Å². The number of pyridine rings is 1. The van der Waals surface area contributed by atoms with E-state index in [2.05, 4.69) is 54.5 Å². The van der Waals surface area contributed by atoms with Crippen LogP contribution in [0.3, 0.4) is 0 Å². The quantitative estimate of drug-likeness (QED) is 0.864. The normalized spacial score (nSPS) is 12.1. The standard InChI is InChI=1S/C15H18N2/c1-12-11-16-9-8-15(12)17-13(2)10-14-6-4-3-5-7-14/h3-9,11,13H,10H2,1-2H3,(H,16,17). The van der Waals surface area contributed by atoms with Crippen LogP contribution in [-0.4, -0.2) is 11.0 Å². The number of nitrogens with one attached hydrogen (secondary N) is 1. The van der Waals surface area contributed by atoms with Gasteiger partial charge in [0.05, 0.1) is 0 Å².